The third-order valence-electron chi connectivity index (χ3n) is 8.70. The largest absolute Gasteiger partial charge is 0.497 e. The Morgan fingerprint density at radius 2 is 1.60 bits per heavy atom. The van der Waals surface area contributed by atoms with E-state index in [1.54, 1.807) is 47.4 Å². The van der Waals surface area contributed by atoms with Crippen molar-refractivity contribution in [3.63, 3.8) is 0 Å². The predicted molar refractivity (Wildman–Crippen MR) is 171 cm³/mol. The van der Waals surface area contributed by atoms with E-state index in [-0.39, 0.29) is 18.4 Å². The van der Waals surface area contributed by atoms with Crippen LogP contribution in [0, 0.1) is 5.82 Å². The number of hydrogen-bond donors (Lipinski definition) is 1. The van der Waals surface area contributed by atoms with Crippen molar-refractivity contribution in [2.45, 2.75) is 38.4 Å². The van der Waals surface area contributed by atoms with Gasteiger partial charge in [-0.2, -0.15) is 0 Å². The van der Waals surface area contributed by atoms with Crippen LogP contribution in [0.5, 0.6) is 5.75 Å². The molecule has 8 nitrogen and oxygen atoms in total. The van der Waals surface area contributed by atoms with Crippen LogP contribution in [0.25, 0.3) is 11.1 Å². The number of likely N-dealkylation sites (tertiary alicyclic amines) is 1. The van der Waals surface area contributed by atoms with E-state index in [1.165, 1.54) is 25.0 Å². The molecule has 4 aromatic carbocycles. The van der Waals surface area contributed by atoms with Gasteiger partial charge in [0, 0.05) is 43.9 Å². The number of amides is 4. The van der Waals surface area contributed by atoms with Crippen molar-refractivity contribution in [1.29, 1.82) is 0 Å². The summed E-state index contributed by atoms with van der Waals surface area (Å²) in [5, 5.41) is 2.82. The van der Waals surface area contributed by atoms with Gasteiger partial charge in [0.25, 0.3) is 5.91 Å². The highest BCUT2D eigenvalue weighted by molar-refractivity contribution is 6.23. The fourth-order valence-electron chi connectivity index (χ4n) is 6.31. The van der Waals surface area contributed by atoms with Gasteiger partial charge in [0.1, 0.15) is 17.1 Å². The minimum Gasteiger partial charge on any atom is -0.497 e. The SMILES string of the molecule is COc1cccc(N2C(=O)N(Cc3ccccc3F)C3(CCN(Cc4ccc(-c5cccc(NC(C)=O)c5)cc4)CC3)C2=O)c1. The summed E-state index contributed by atoms with van der Waals surface area (Å²) in [6.45, 7) is 3.37. The molecule has 45 heavy (non-hydrogen) atoms. The fourth-order valence-corrected chi connectivity index (χ4v) is 6.31. The summed E-state index contributed by atoms with van der Waals surface area (Å²) in [5.41, 5.74) is 3.65. The molecule has 9 heteroatoms. The number of carbonyl (C=O) groups excluding carboxylic acids is 3. The van der Waals surface area contributed by atoms with Crippen molar-refractivity contribution in [2.75, 3.05) is 30.4 Å². The summed E-state index contributed by atoms with van der Waals surface area (Å²) in [7, 11) is 1.54. The van der Waals surface area contributed by atoms with E-state index >= 15 is 0 Å². The maximum atomic E-state index is 14.8. The van der Waals surface area contributed by atoms with Crippen LogP contribution in [0.2, 0.25) is 0 Å². The lowest BCUT2D eigenvalue weighted by Gasteiger charge is -2.42. The first-order chi connectivity index (χ1) is 21.8. The molecule has 2 fully saturated rings. The summed E-state index contributed by atoms with van der Waals surface area (Å²) in [6.07, 6.45) is 0.862. The van der Waals surface area contributed by atoms with Crippen LogP contribution >= 0.6 is 0 Å². The Hall–Kier alpha value is -5.02. The van der Waals surface area contributed by atoms with Crippen LogP contribution in [0.4, 0.5) is 20.6 Å². The van der Waals surface area contributed by atoms with E-state index in [2.05, 4.69) is 34.5 Å². The minimum atomic E-state index is -1.08. The van der Waals surface area contributed by atoms with E-state index in [9.17, 15) is 18.8 Å². The number of nitrogens with one attached hydrogen (secondary N) is 1. The fraction of sp³-hybridized carbons (Fsp3) is 0.250. The van der Waals surface area contributed by atoms with Gasteiger partial charge in [0.15, 0.2) is 0 Å². The Morgan fingerprint density at radius 3 is 2.31 bits per heavy atom. The lowest BCUT2D eigenvalue weighted by atomic mass is 9.85. The molecule has 230 valence electrons. The summed E-state index contributed by atoms with van der Waals surface area (Å²) < 4.78 is 20.1. The zero-order valence-corrected chi connectivity index (χ0v) is 25.3. The molecule has 0 unspecified atom stereocenters. The summed E-state index contributed by atoms with van der Waals surface area (Å²) in [4.78, 5) is 44.6. The molecule has 0 bridgehead atoms. The zero-order chi connectivity index (χ0) is 31.6. The Kier molecular flexibility index (Phi) is 8.36. The third kappa shape index (κ3) is 6.04. The number of ether oxygens (including phenoxy) is 1. The van der Waals surface area contributed by atoms with E-state index in [1.807, 2.05) is 24.3 Å². The van der Waals surface area contributed by atoms with Crippen molar-refractivity contribution in [1.82, 2.24) is 9.80 Å². The molecule has 2 aliphatic rings. The molecule has 0 radical (unpaired) electrons. The number of hydrogen-bond acceptors (Lipinski definition) is 5. The van der Waals surface area contributed by atoms with Gasteiger partial charge in [0.2, 0.25) is 5.91 Å². The van der Waals surface area contributed by atoms with E-state index in [4.69, 9.17) is 4.74 Å². The number of halogens is 1. The predicted octanol–water partition coefficient (Wildman–Crippen LogP) is 6.46. The normalized spacial score (nSPS) is 16.3. The van der Waals surface area contributed by atoms with Crippen LogP contribution in [-0.4, -0.2) is 53.4 Å². The molecule has 2 saturated heterocycles. The molecule has 2 heterocycles. The van der Waals surface area contributed by atoms with Gasteiger partial charge in [-0.3, -0.25) is 14.5 Å². The Bertz CT molecular complexity index is 1730. The highest BCUT2D eigenvalue weighted by Gasteiger charge is 2.58. The molecule has 6 rings (SSSR count). The van der Waals surface area contributed by atoms with Gasteiger partial charge in [0.05, 0.1) is 19.3 Å². The molecular weight excluding hydrogens is 571 g/mol. The molecule has 0 atom stereocenters. The molecule has 2 aliphatic heterocycles. The van der Waals surface area contributed by atoms with Crippen molar-refractivity contribution < 1.29 is 23.5 Å². The van der Waals surface area contributed by atoms with Gasteiger partial charge in [-0.1, -0.05) is 60.7 Å². The molecule has 4 amide bonds. The smallest absolute Gasteiger partial charge is 0.332 e. The average molecular weight is 607 g/mol. The van der Waals surface area contributed by atoms with Crippen molar-refractivity contribution in [3.8, 4) is 16.9 Å². The first-order valence-electron chi connectivity index (χ1n) is 15.0. The Balaban J connectivity index is 1.20. The van der Waals surface area contributed by atoms with Crippen molar-refractivity contribution in [2.24, 2.45) is 0 Å². The summed E-state index contributed by atoms with van der Waals surface area (Å²) in [5.74, 6) is -0.271. The Morgan fingerprint density at radius 1 is 0.867 bits per heavy atom. The molecule has 0 aliphatic carbocycles. The lowest BCUT2D eigenvalue weighted by molar-refractivity contribution is -0.127. The number of carbonyl (C=O) groups is 3. The van der Waals surface area contributed by atoms with Crippen LogP contribution in [0.3, 0.4) is 0 Å². The minimum absolute atomic E-state index is 0.00230. The van der Waals surface area contributed by atoms with Crippen molar-refractivity contribution >= 4 is 29.2 Å². The number of anilines is 2. The Labute approximate surface area is 262 Å². The van der Waals surface area contributed by atoms with Crippen molar-refractivity contribution in [3.05, 3.63) is 114 Å². The summed E-state index contributed by atoms with van der Waals surface area (Å²) in [6, 6.07) is 28.8. The van der Waals surface area contributed by atoms with E-state index < -0.39 is 17.4 Å². The first kappa shape index (κ1) is 30.0. The van der Waals surface area contributed by atoms with Gasteiger partial charge in [-0.15, -0.1) is 0 Å². The maximum absolute atomic E-state index is 14.8. The van der Waals surface area contributed by atoms with Gasteiger partial charge < -0.3 is 15.0 Å². The number of methoxy groups -OCH3 is 1. The lowest BCUT2D eigenvalue weighted by Crippen LogP contribution is -2.56. The second-order valence-corrected chi connectivity index (χ2v) is 11.6. The second-order valence-electron chi connectivity index (χ2n) is 11.6. The van der Waals surface area contributed by atoms with Gasteiger partial charge in [-0.05, 0) is 59.9 Å². The standard InChI is InChI=1S/C36H35FN4O4/c1-25(42)38-30-9-5-8-28(21-30)27-15-13-26(14-16-27)23-39-19-17-36(18-20-39)34(43)41(31-10-6-11-32(22-31)45-2)35(44)40(36)24-29-7-3-4-12-33(29)37/h3-16,21-22H,17-20,23-24H2,1-2H3,(H,38,42). The first-order valence-corrected chi connectivity index (χ1v) is 15.0. The zero-order valence-electron chi connectivity index (χ0n) is 25.3. The van der Waals surface area contributed by atoms with E-state index in [0.29, 0.717) is 49.5 Å². The number of benzene rings is 4. The summed E-state index contributed by atoms with van der Waals surface area (Å²) >= 11 is 0. The van der Waals surface area contributed by atoms with Gasteiger partial charge >= 0.3 is 6.03 Å². The number of piperidine rings is 1. The second kappa shape index (κ2) is 12.5. The number of imide groups is 1. The van der Waals surface area contributed by atoms with Crippen LogP contribution < -0.4 is 15.0 Å². The molecule has 1 N–H and O–H groups in total. The van der Waals surface area contributed by atoms with Crippen LogP contribution in [-0.2, 0) is 22.7 Å². The highest BCUT2D eigenvalue weighted by atomic mass is 19.1. The number of urea groups is 1. The topological polar surface area (TPSA) is 82.2 Å². The maximum Gasteiger partial charge on any atom is 0.332 e. The average Bonchev–Trinajstić information content (AvgIpc) is 3.24. The van der Waals surface area contributed by atoms with Crippen LogP contribution in [0.15, 0.2) is 97.1 Å². The molecule has 0 saturated carbocycles. The molecule has 4 aromatic rings. The highest BCUT2D eigenvalue weighted by Crippen LogP contribution is 2.41. The number of nitrogens with zero attached hydrogens (tertiary/aromatic N) is 3. The number of rotatable bonds is 8. The quantitative estimate of drug-likeness (QED) is 0.233. The monoisotopic (exact) mass is 606 g/mol. The molecule has 0 aromatic heterocycles. The van der Waals surface area contributed by atoms with E-state index in [0.717, 1.165) is 22.4 Å². The molecular formula is C36H35FN4O4. The molecule has 1 spiro atoms. The third-order valence-corrected chi connectivity index (χ3v) is 8.70. The van der Waals surface area contributed by atoms with Crippen LogP contribution in [0.1, 0.15) is 30.9 Å². The van der Waals surface area contributed by atoms with Gasteiger partial charge in [-0.25, -0.2) is 14.1 Å².